The fourth-order valence-corrected chi connectivity index (χ4v) is 2.41. The minimum Gasteiger partial charge on any atom is -0.374 e. The van der Waals surface area contributed by atoms with E-state index < -0.39 is 0 Å². The smallest absolute Gasteiger partial charge is 0.246 e. The highest BCUT2D eigenvalue weighted by atomic mass is 35.5. The van der Waals surface area contributed by atoms with Crippen LogP contribution in [0.4, 0.5) is 0 Å². The Labute approximate surface area is 118 Å². The highest BCUT2D eigenvalue weighted by Crippen LogP contribution is 2.19. The number of hydrogen-bond acceptors (Lipinski definition) is 2. The van der Waals surface area contributed by atoms with Gasteiger partial charge in [-0.15, -0.1) is 0 Å². The molecule has 2 rings (SSSR count). The van der Waals surface area contributed by atoms with E-state index in [0.29, 0.717) is 19.7 Å². The van der Waals surface area contributed by atoms with Crippen LogP contribution in [-0.4, -0.2) is 36.6 Å². The summed E-state index contributed by atoms with van der Waals surface area (Å²) >= 11 is 6.14. The molecule has 1 aromatic rings. The summed E-state index contributed by atoms with van der Waals surface area (Å²) in [6, 6.07) is 7.75. The first-order chi connectivity index (χ1) is 9.20. The summed E-state index contributed by atoms with van der Waals surface area (Å²) in [6.07, 6.45) is 4.11. The van der Waals surface area contributed by atoms with Crippen LogP contribution in [0, 0.1) is 0 Å². The molecule has 0 aromatic heterocycles. The van der Waals surface area contributed by atoms with Crippen molar-refractivity contribution in [3.63, 3.8) is 0 Å². The van der Waals surface area contributed by atoms with Gasteiger partial charge < -0.3 is 9.64 Å². The number of benzene rings is 1. The molecule has 1 heterocycles. The van der Waals surface area contributed by atoms with Gasteiger partial charge in [0, 0.05) is 24.5 Å². The van der Waals surface area contributed by atoms with Crippen LogP contribution in [0.5, 0.6) is 0 Å². The molecule has 0 spiro atoms. The highest BCUT2D eigenvalue weighted by molar-refractivity contribution is 6.31. The monoisotopic (exact) mass is 279 g/mol. The summed E-state index contributed by atoms with van der Waals surface area (Å²) in [5.74, 6) is 0.0509. The summed E-state index contributed by atoms with van der Waals surface area (Å²) in [6.45, 7) is 3.70. The molecule has 1 aromatic carbocycles. The fraction of sp³-hybridized carbons (Fsp3) is 0.400. The molecule has 0 N–H and O–H groups in total. The maximum atomic E-state index is 11.8. The molecule has 19 heavy (non-hydrogen) atoms. The summed E-state index contributed by atoms with van der Waals surface area (Å²) < 4.78 is 5.72. The normalized spacial score (nSPS) is 19.9. The van der Waals surface area contributed by atoms with Crippen molar-refractivity contribution in [2.24, 2.45) is 0 Å². The van der Waals surface area contributed by atoms with E-state index in [4.69, 9.17) is 16.3 Å². The van der Waals surface area contributed by atoms with E-state index in [1.807, 2.05) is 36.1 Å². The number of carbonyl (C=O) groups excluding carboxylic acids is 1. The molecule has 1 saturated heterocycles. The zero-order valence-electron chi connectivity index (χ0n) is 11.0. The van der Waals surface area contributed by atoms with Crippen LogP contribution < -0.4 is 0 Å². The van der Waals surface area contributed by atoms with E-state index in [9.17, 15) is 4.79 Å². The first kappa shape index (κ1) is 14.1. The molecule has 1 aliphatic heterocycles. The summed E-state index contributed by atoms with van der Waals surface area (Å²) in [5.41, 5.74) is 1.06. The molecule has 0 radical (unpaired) electrons. The van der Waals surface area contributed by atoms with E-state index in [-0.39, 0.29) is 12.0 Å². The van der Waals surface area contributed by atoms with Crippen molar-refractivity contribution in [3.05, 3.63) is 47.0 Å². The van der Waals surface area contributed by atoms with Crippen LogP contribution in [0.3, 0.4) is 0 Å². The molecular weight excluding hydrogens is 262 g/mol. The van der Waals surface area contributed by atoms with Crippen LogP contribution in [0.15, 0.2) is 36.4 Å². The second-order valence-corrected chi connectivity index (χ2v) is 4.98. The Morgan fingerprint density at radius 1 is 1.53 bits per heavy atom. The Bertz CT molecular complexity index is 473. The topological polar surface area (TPSA) is 29.5 Å². The third kappa shape index (κ3) is 3.82. The number of rotatable bonds is 3. The molecule has 1 aliphatic rings. The van der Waals surface area contributed by atoms with E-state index in [1.54, 1.807) is 12.2 Å². The lowest BCUT2D eigenvalue weighted by Gasteiger charge is -2.32. The Morgan fingerprint density at radius 2 is 2.32 bits per heavy atom. The van der Waals surface area contributed by atoms with E-state index in [1.165, 1.54) is 0 Å². The highest BCUT2D eigenvalue weighted by Gasteiger charge is 2.23. The second kappa shape index (κ2) is 6.73. The molecule has 0 bridgehead atoms. The van der Waals surface area contributed by atoms with Gasteiger partial charge in [-0.05, 0) is 24.6 Å². The first-order valence-corrected chi connectivity index (χ1v) is 6.85. The zero-order chi connectivity index (χ0) is 13.7. The van der Waals surface area contributed by atoms with Gasteiger partial charge in [0.2, 0.25) is 5.91 Å². The number of carbonyl (C=O) groups is 1. The van der Waals surface area contributed by atoms with Crippen LogP contribution in [-0.2, 0) is 16.0 Å². The van der Waals surface area contributed by atoms with Crippen LogP contribution in [0.1, 0.15) is 12.5 Å². The van der Waals surface area contributed by atoms with Gasteiger partial charge in [0.1, 0.15) is 0 Å². The molecule has 0 saturated carbocycles. The van der Waals surface area contributed by atoms with Crippen LogP contribution in [0.25, 0.3) is 0 Å². The number of nitrogens with zero attached hydrogens (tertiary/aromatic N) is 1. The third-order valence-electron chi connectivity index (χ3n) is 3.17. The number of hydrogen-bond donors (Lipinski definition) is 0. The lowest BCUT2D eigenvalue weighted by Crippen LogP contribution is -2.45. The van der Waals surface area contributed by atoms with E-state index in [2.05, 4.69) is 0 Å². The Kier molecular flexibility index (Phi) is 5.00. The van der Waals surface area contributed by atoms with Gasteiger partial charge in [-0.1, -0.05) is 35.9 Å². The fourth-order valence-electron chi connectivity index (χ4n) is 2.20. The van der Waals surface area contributed by atoms with Gasteiger partial charge in [-0.2, -0.15) is 0 Å². The van der Waals surface area contributed by atoms with Gasteiger partial charge in [0.15, 0.2) is 0 Å². The molecule has 1 atom stereocenters. The maximum Gasteiger partial charge on any atom is 0.246 e. The predicted molar refractivity (Wildman–Crippen MR) is 76.3 cm³/mol. The van der Waals surface area contributed by atoms with Crippen molar-refractivity contribution in [2.75, 3.05) is 19.7 Å². The second-order valence-electron chi connectivity index (χ2n) is 4.57. The Hall–Kier alpha value is -1.32. The molecule has 4 heteroatoms. The van der Waals surface area contributed by atoms with Crippen LogP contribution >= 0.6 is 11.6 Å². The maximum absolute atomic E-state index is 11.8. The number of ether oxygens (including phenoxy) is 1. The molecule has 1 amide bonds. The largest absolute Gasteiger partial charge is 0.374 e. The minimum absolute atomic E-state index is 0.0165. The van der Waals surface area contributed by atoms with Gasteiger partial charge in [-0.25, -0.2) is 0 Å². The van der Waals surface area contributed by atoms with Crippen molar-refractivity contribution in [2.45, 2.75) is 19.4 Å². The molecule has 0 aliphatic carbocycles. The standard InChI is InChI=1S/C15H18ClNO2/c1-2-5-15(18)17-8-9-19-13(11-17)10-12-6-3-4-7-14(12)16/h2-7,13H,8-11H2,1H3. The van der Waals surface area contributed by atoms with Crippen molar-refractivity contribution in [1.29, 1.82) is 0 Å². The third-order valence-corrected chi connectivity index (χ3v) is 3.53. The first-order valence-electron chi connectivity index (χ1n) is 6.47. The van der Waals surface area contributed by atoms with Crippen molar-refractivity contribution < 1.29 is 9.53 Å². The molecule has 1 unspecified atom stereocenters. The van der Waals surface area contributed by atoms with Crippen molar-refractivity contribution in [3.8, 4) is 0 Å². The predicted octanol–water partition coefficient (Wildman–Crippen LogP) is 2.69. The van der Waals surface area contributed by atoms with Crippen molar-refractivity contribution >= 4 is 17.5 Å². The lowest BCUT2D eigenvalue weighted by molar-refractivity contribution is -0.133. The van der Waals surface area contributed by atoms with E-state index >= 15 is 0 Å². The average Bonchev–Trinajstić information content (AvgIpc) is 2.42. The van der Waals surface area contributed by atoms with Gasteiger partial charge in [-0.3, -0.25) is 4.79 Å². The molecule has 3 nitrogen and oxygen atoms in total. The molecule has 1 fully saturated rings. The van der Waals surface area contributed by atoms with Crippen molar-refractivity contribution in [1.82, 2.24) is 4.90 Å². The van der Waals surface area contributed by atoms with E-state index in [0.717, 1.165) is 17.0 Å². The quantitative estimate of drug-likeness (QED) is 0.796. The molecule has 102 valence electrons. The van der Waals surface area contributed by atoms with Gasteiger partial charge in [0.05, 0.1) is 12.7 Å². The zero-order valence-corrected chi connectivity index (χ0v) is 11.8. The lowest BCUT2D eigenvalue weighted by atomic mass is 10.1. The summed E-state index contributed by atoms with van der Waals surface area (Å²) in [7, 11) is 0. The minimum atomic E-state index is 0.0165. The van der Waals surface area contributed by atoms with Crippen LogP contribution in [0.2, 0.25) is 5.02 Å². The summed E-state index contributed by atoms with van der Waals surface area (Å²) in [5, 5.41) is 0.753. The SMILES string of the molecule is CC=CC(=O)N1CCOC(Cc2ccccc2Cl)C1. The number of allylic oxidation sites excluding steroid dienone is 1. The summed E-state index contributed by atoms with van der Waals surface area (Å²) in [4.78, 5) is 13.6. The Balaban J connectivity index is 1.98. The number of morpholine rings is 1. The van der Waals surface area contributed by atoms with Gasteiger partial charge >= 0.3 is 0 Å². The average molecular weight is 280 g/mol. The van der Waals surface area contributed by atoms with Gasteiger partial charge in [0.25, 0.3) is 0 Å². The number of amides is 1. The number of halogens is 1. The molecular formula is C15H18ClNO2. The Morgan fingerprint density at radius 3 is 3.05 bits per heavy atom.